The Morgan fingerprint density at radius 1 is 1.15 bits per heavy atom. The lowest BCUT2D eigenvalue weighted by atomic mass is 10.1. The Bertz CT molecular complexity index is 1470. The summed E-state index contributed by atoms with van der Waals surface area (Å²) in [6, 6.07) is 4.60. The summed E-state index contributed by atoms with van der Waals surface area (Å²) in [5.74, 6) is -0.629. The Kier molecular flexibility index (Phi) is 6.67. The molecule has 6 rings (SSSR count). The topological polar surface area (TPSA) is 131 Å². The highest BCUT2D eigenvalue weighted by Gasteiger charge is 2.40. The maximum absolute atomic E-state index is 13.9. The Labute approximate surface area is 229 Å². The van der Waals surface area contributed by atoms with Crippen molar-refractivity contribution in [2.75, 3.05) is 31.6 Å². The third-order valence-corrected chi connectivity index (χ3v) is 8.31. The molecule has 0 bridgehead atoms. The normalized spacial score (nSPS) is 20.1. The minimum Gasteiger partial charge on any atom is -0.358 e. The molecule has 2 amide bonds. The minimum atomic E-state index is -0.563. The molecule has 3 aliphatic rings. The van der Waals surface area contributed by atoms with Gasteiger partial charge in [-0.3, -0.25) is 14.5 Å². The number of hydrogen-bond acceptors (Lipinski definition) is 8. The van der Waals surface area contributed by atoms with Crippen LogP contribution >= 0.6 is 11.6 Å². The van der Waals surface area contributed by atoms with Gasteiger partial charge in [0.1, 0.15) is 11.3 Å². The van der Waals surface area contributed by atoms with Crippen molar-refractivity contribution in [3.05, 3.63) is 51.2 Å². The highest BCUT2D eigenvalue weighted by molar-refractivity contribution is 6.28. The number of halogens is 1. The average Bonchev–Trinajstić information content (AvgIpc) is 3.68. The molecule has 3 aromatic rings. The number of nitro groups is 1. The molecule has 1 atom stereocenters. The lowest BCUT2D eigenvalue weighted by Gasteiger charge is -2.37. The van der Waals surface area contributed by atoms with Gasteiger partial charge in [-0.25, -0.2) is 4.98 Å². The van der Waals surface area contributed by atoms with Crippen LogP contribution in [-0.2, 0) is 11.3 Å². The number of hydrogen-bond donors (Lipinski definition) is 0. The molecule has 0 N–H and O–H groups in total. The number of piperazine rings is 1. The first-order valence-corrected chi connectivity index (χ1v) is 13.7. The van der Waals surface area contributed by atoms with Gasteiger partial charge in [-0.15, -0.1) is 0 Å². The molecule has 204 valence electrons. The van der Waals surface area contributed by atoms with Crippen LogP contribution in [0, 0.1) is 10.1 Å². The molecular weight excluding hydrogens is 524 g/mol. The minimum absolute atomic E-state index is 0.00731. The van der Waals surface area contributed by atoms with Crippen molar-refractivity contribution >= 4 is 46.0 Å². The van der Waals surface area contributed by atoms with Crippen LogP contribution in [0.4, 0.5) is 11.5 Å². The van der Waals surface area contributed by atoms with Crippen molar-refractivity contribution in [2.45, 2.75) is 57.2 Å². The maximum Gasteiger partial charge on any atom is 0.363 e. The number of pyridine rings is 1. The first-order chi connectivity index (χ1) is 18.8. The quantitative estimate of drug-likeness (QED) is 0.257. The fourth-order valence-corrected chi connectivity index (χ4v) is 6.38. The molecule has 1 saturated carbocycles. The van der Waals surface area contributed by atoms with Gasteiger partial charge in [0.25, 0.3) is 5.91 Å². The highest BCUT2D eigenvalue weighted by atomic mass is 35.5. The summed E-state index contributed by atoms with van der Waals surface area (Å²) < 4.78 is 1.96. The lowest BCUT2D eigenvalue weighted by molar-refractivity contribution is -0.389. The predicted molar refractivity (Wildman–Crippen MR) is 144 cm³/mol. The molecule has 1 unspecified atom stereocenters. The number of rotatable bonds is 6. The van der Waals surface area contributed by atoms with Crippen LogP contribution in [-0.4, -0.2) is 78.8 Å². The molecule has 3 aromatic heterocycles. The first kappa shape index (κ1) is 25.6. The van der Waals surface area contributed by atoms with Gasteiger partial charge in [0, 0.05) is 43.8 Å². The zero-order valence-corrected chi connectivity index (χ0v) is 22.4. The van der Waals surface area contributed by atoms with E-state index >= 15 is 0 Å². The van der Waals surface area contributed by atoms with Crippen LogP contribution in [0.1, 0.15) is 60.7 Å². The largest absolute Gasteiger partial charge is 0.363 e. The Hall–Kier alpha value is -3.64. The van der Waals surface area contributed by atoms with Gasteiger partial charge in [0.05, 0.1) is 18.3 Å². The smallest absolute Gasteiger partial charge is 0.358 e. The van der Waals surface area contributed by atoms with E-state index in [2.05, 4.69) is 19.9 Å². The number of carbonyl (C=O) groups excluding carboxylic acids is 2. The Morgan fingerprint density at radius 3 is 2.72 bits per heavy atom. The second kappa shape index (κ2) is 10.2. The molecule has 39 heavy (non-hydrogen) atoms. The van der Waals surface area contributed by atoms with E-state index in [4.69, 9.17) is 11.6 Å². The summed E-state index contributed by atoms with van der Waals surface area (Å²) in [6.45, 7) is 2.09. The number of aromatic nitrogens is 4. The third kappa shape index (κ3) is 4.61. The second-order valence-electron chi connectivity index (χ2n) is 10.5. The van der Waals surface area contributed by atoms with E-state index in [9.17, 15) is 19.7 Å². The van der Waals surface area contributed by atoms with Gasteiger partial charge >= 0.3 is 5.82 Å². The van der Waals surface area contributed by atoms with Gasteiger partial charge in [-0.05, 0) is 65.9 Å². The molecule has 0 aromatic carbocycles. The monoisotopic (exact) mass is 552 g/mol. The van der Waals surface area contributed by atoms with Crippen LogP contribution in [0.2, 0.25) is 5.28 Å². The van der Waals surface area contributed by atoms with Crippen molar-refractivity contribution in [3.63, 3.8) is 0 Å². The number of nitrogens with zero attached hydrogens (tertiary/aromatic N) is 8. The molecular formula is C26H29ClN8O4. The first-order valence-electron chi connectivity index (χ1n) is 13.3. The summed E-state index contributed by atoms with van der Waals surface area (Å²) in [7, 11) is 1.64. The lowest BCUT2D eigenvalue weighted by Crippen LogP contribution is -2.54. The summed E-state index contributed by atoms with van der Waals surface area (Å²) >= 11 is 6.10. The van der Waals surface area contributed by atoms with E-state index in [-0.39, 0.29) is 41.5 Å². The van der Waals surface area contributed by atoms with Crippen LogP contribution in [0.5, 0.6) is 0 Å². The number of anilines is 1. The molecule has 5 heterocycles. The molecule has 2 saturated heterocycles. The van der Waals surface area contributed by atoms with Gasteiger partial charge in [-0.1, -0.05) is 12.8 Å². The van der Waals surface area contributed by atoms with Crippen molar-refractivity contribution in [2.24, 2.45) is 0 Å². The molecule has 3 fully saturated rings. The Morgan fingerprint density at radius 2 is 1.95 bits per heavy atom. The van der Waals surface area contributed by atoms with Crippen molar-refractivity contribution in [3.8, 4) is 0 Å². The van der Waals surface area contributed by atoms with Crippen LogP contribution in [0.3, 0.4) is 0 Å². The molecule has 0 spiro atoms. The summed E-state index contributed by atoms with van der Waals surface area (Å²) in [4.78, 5) is 56.4. The predicted octanol–water partition coefficient (Wildman–Crippen LogP) is 3.59. The summed E-state index contributed by atoms with van der Waals surface area (Å²) in [6.07, 6.45) is 7.37. The van der Waals surface area contributed by atoms with E-state index in [0.717, 1.165) is 57.0 Å². The van der Waals surface area contributed by atoms with Gasteiger partial charge in [-0.2, -0.15) is 4.98 Å². The highest BCUT2D eigenvalue weighted by Crippen LogP contribution is 2.35. The number of amides is 2. The summed E-state index contributed by atoms with van der Waals surface area (Å²) in [5, 5.41) is 12.4. The second-order valence-corrected chi connectivity index (χ2v) is 10.8. The van der Waals surface area contributed by atoms with E-state index < -0.39 is 4.92 Å². The molecule has 1 aliphatic carbocycles. The van der Waals surface area contributed by atoms with Gasteiger partial charge < -0.3 is 24.5 Å². The number of carbonyl (C=O) groups is 2. The van der Waals surface area contributed by atoms with Crippen molar-refractivity contribution in [1.29, 1.82) is 0 Å². The molecule has 12 nitrogen and oxygen atoms in total. The zero-order valence-electron chi connectivity index (χ0n) is 21.6. The summed E-state index contributed by atoms with van der Waals surface area (Å²) in [5.41, 5.74) is 1.89. The van der Waals surface area contributed by atoms with Crippen LogP contribution < -0.4 is 4.90 Å². The van der Waals surface area contributed by atoms with E-state index in [0.29, 0.717) is 29.3 Å². The molecule has 2 aliphatic heterocycles. The zero-order chi connectivity index (χ0) is 27.3. The van der Waals surface area contributed by atoms with Gasteiger partial charge in [0.2, 0.25) is 11.2 Å². The SMILES string of the molecule is CN(Cc1nc([N+](=O)[O-])ccc1N1CCN2CCCC2C1=O)C(=O)c1cc2cnc(Cl)nc2n1C1CCCC1. The average molecular weight is 553 g/mol. The van der Waals surface area contributed by atoms with Crippen LogP contribution in [0.15, 0.2) is 24.4 Å². The fourth-order valence-electron chi connectivity index (χ4n) is 6.25. The Balaban J connectivity index is 1.34. The third-order valence-electron chi connectivity index (χ3n) is 8.13. The molecule has 13 heteroatoms. The van der Waals surface area contributed by atoms with Crippen molar-refractivity contribution in [1.82, 2.24) is 29.3 Å². The number of fused-ring (bicyclic) bond motifs is 2. The van der Waals surface area contributed by atoms with Gasteiger partial charge in [0.15, 0.2) is 5.69 Å². The molecule has 0 radical (unpaired) electrons. The van der Waals surface area contributed by atoms with E-state index in [1.54, 1.807) is 30.3 Å². The standard InChI is InChI=1S/C26H29ClN8O4/c1-31(24(36)21-13-16-14-28-26(27)30-23(16)34(21)17-5-2-3-6-17)15-18-19(8-9-22(29-18)35(38)39)33-12-11-32-10-4-7-20(32)25(33)37/h8-9,13-14,17,20H,2-7,10-12,15H2,1H3. The van der Waals surface area contributed by atoms with E-state index in [1.165, 1.54) is 11.0 Å². The maximum atomic E-state index is 13.9. The fraction of sp³-hybridized carbons (Fsp3) is 0.500. The van der Waals surface area contributed by atoms with Crippen LogP contribution in [0.25, 0.3) is 11.0 Å². The van der Waals surface area contributed by atoms with Crippen molar-refractivity contribution < 1.29 is 14.5 Å². The van der Waals surface area contributed by atoms with E-state index in [1.807, 2.05) is 4.57 Å².